The minimum Gasteiger partial charge on any atom is -0.466 e. The lowest BCUT2D eigenvalue weighted by Crippen LogP contribution is -2.23. The molecule has 5 atom stereocenters. The lowest BCUT2D eigenvalue weighted by atomic mass is 9.85. The van der Waals surface area contributed by atoms with Crippen LogP contribution in [0.5, 0.6) is 0 Å². The van der Waals surface area contributed by atoms with E-state index in [4.69, 9.17) is 4.74 Å². The molecule has 0 radical (unpaired) electrons. The van der Waals surface area contributed by atoms with Crippen LogP contribution in [0.1, 0.15) is 76.7 Å². The number of aliphatic hydroxyl groups excluding tert-OH is 3. The molecule has 1 aromatic rings. The molecule has 0 spiro atoms. The fourth-order valence-corrected chi connectivity index (χ4v) is 4.55. The predicted octanol–water partition coefficient (Wildman–Crippen LogP) is 4.58. The van der Waals surface area contributed by atoms with Gasteiger partial charge in [0.1, 0.15) is 0 Å². The van der Waals surface area contributed by atoms with E-state index in [0.29, 0.717) is 38.7 Å². The van der Waals surface area contributed by atoms with Gasteiger partial charge in [0, 0.05) is 6.42 Å². The first-order valence-corrected chi connectivity index (χ1v) is 12.4. The van der Waals surface area contributed by atoms with Gasteiger partial charge < -0.3 is 20.1 Å². The van der Waals surface area contributed by atoms with Gasteiger partial charge in [0.15, 0.2) is 0 Å². The molecule has 0 saturated heterocycles. The van der Waals surface area contributed by atoms with Crippen molar-refractivity contribution in [3.05, 3.63) is 48.0 Å². The van der Waals surface area contributed by atoms with E-state index in [1.54, 1.807) is 0 Å². The zero-order valence-corrected chi connectivity index (χ0v) is 19.6. The number of hydrogen-bond acceptors (Lipinski definition) is 5. The van der Waals surface area contributed by atoms with Crippen molar-refractivity contribution in [2.24, 2.45) is 11.8 Å². The molecule has 0 aromatic heterocycles. The van der Waals surface area contributed by atoms with Crippen LogP contribution in [0.15, 0.2) is 42.5 Å². The zero-order valence-electron chi connectivity index (χ0n) is 19.6. The first-order valence-electron chi connectivity index (χ1n) is 12.4. The normalized spacial score (nSPS) is 24.1. The monoisotopic (exact) mass is 446 g/mol. The number of rotatable bonds is 15. The van der Waals surface area contributed by atoms with Crippen molar-refractivity contribution in [2.45, 2.75) is 95.9 Å². The van der Waals surface area contributed by atoms with Crippen LogP contribution in [0.2, 0.25) is 0 Å². The van der Waals surface area contributed by atoms with Gasteiger partial charge in [-0.05, 0) is 75.2 Å². The molecule has 1 aliphatic carbocycles. The van der Waals surface area contributed by atoms with E-state index < -0.39 is 18.3 Å². The Labute approximate surface area is 193 Å². The van der Waals surface area contributed by atoms with E-state index in [1.807, 2.05) is 18.2 Å². The number of hydrogen-bond donors (Lipinski definition) is 3. The maximum Gasteiger partial charge on any atom is 0.305 e. The Bertz CT molecular complexity index is 659. The molecule has 0 amide bonds. The van der Waals surface area contributed by atoms with Gasteiger partial charge in [-0.15, -0.1) is 0 Å². The van der Waals surface area contributed by atoms with Gasteiger partial charge in [-0.1, -0.05) is 55.8 Å². The van der Waals surface area contributed by atoms with Gasteiger partial charge >= 0.3 is 5.97 Å². The molecular weight excluding hydrogens is 404 g/mol. The van der Waals surface area contributed by atoms with Crippen LogP contribution in [-0.4, -0.2) is 46.2 Å². The van der Waals surface area contributed by atoms with Crippen molar-refractivity contribution in [1.82, 2.24) is 0 Å². The molecule has 1 aromatic carbocycles. The van der Waals surface area contributed by atoms with E-state index in [0.717, 1.165) is 38.5 Å². The van der Waals surface area contributed by atoms with Crippen LogP contribution in [0, 0.1) is 11.8 Å². The van der Waals surface area contributed by atoms with Crippen LogP contribution >= 0.6 is 0 Å². The number of ether oxygens (including phenoxy) is 1. The van der Waals surface area contributed by atoms with Crippen molar-refractivity contribution in [2.75, 3.05) is 6.61 Å². The smallest absolute Gasteiger partial charge is 0.305 e. The van der Waals surface area contributed by atoms with Gasteiger partial charge in [-0.3, -0.25) is 4.79 Å². The highest BCUT2D eigenvalue weighted by Crippen LogP contribution is 2.38. The Hall–Kier alpha value is -1.69. The third-order valence-corrected chi connectivity index (χ3v) is 6.55. The second-order valence-electron chi connectivity index (χ2n) is 9.13. The van der Waals surface area contributed by atoms with E-state index in [9.17, 15) is 20.1 Å². The Kier molecular flexibility index (Phi) is 12.6. The number of unbranched alkanes of at least 4 members (excludes halogenated alkanes) is 2. The maximum atomic E-state index is 11.6. The van der Waals surface area contributed by atoms with Crippen LogP contribution in [0.4, 0.5) is 0 Å². The van der Waals surface area contributed by atoms with E-state index in [2.05, 4.69) is 31.2 Å². The molecule has 5 heteroatoms. The van der Waals surface area contributed by atoms with Crippen molar-refractivity contribution in [1.29, 1.82) is 0 Å². The maximum absolute atomic E-state index is 11.6. The second-order valence-corrected chi connectivity index (χ2v) is 9.13. The first kappa shape index (κ1) is 26.6. The molecule has 1 saturated carbocycles. The summed E-state index contributed by atoms with van der Waals surface area (Å²) in [7, 11) is 0. The van der Waals surface area contributed by atoms with Gasteiger partial charge in [-0.2, -0.15) is 0 Å². The number of benzene rings is 1. The molecule has 32 heavy (non-hydrogen) atoms. The number of carbonyl (C=O) groups excluding carboxylic acids is 1. The highest BCUT2D eigenvalue weighted by atomic mass is 16.5. The molecule has 2 rings (SSSR count). The van der Waals surface area contributed by atoms with Crippen LogP contribution in [0.3, 0.4) is 0 Å². The summed E-state index contributed by atoms with van der Waals surface area (Å²) in [4.78, 5) is 11.6. The van der Waals surface area contributed by atoms with Crippen LogP contribution in [-0.2, 0) is 16.0 Å². The Morgan fingerprint density at radius 2 is 1.84 bits per heavy atom. The lowest BCUT2D eigenvalue weighted by Gasteiger charge is -2.23. The number of aliphatic hydroxyl groups is 3. The third kappa shape index (κ3) is 9.85. The molecule has 1 unspecified atom stereocenters. The molecule has 180 valence electrons. The van der Waals surface area contributed by atoms with Crippen molar-refractivity contribution in [3.8, 4) is 0 Å². The Morgan fingerprint density at radius 1 is 1.09 bits per heavy atom. The largest absolute Gasteiger partial charge is 0.466 e. The number of aryl methyl sites for hydroxylation is 1. The average Bonchev–Trinajstić information content (AvgIpc) is 3.06. The zero-order chi connectivity index (χ0) is 23.2. The SMILES string of the molecule is CCCCOC(=O)CCC/C=C\C[C@@H]1C(CC[C@@H](O)CCc2ccccc2)[C@H](O)C[C@@H]1O. The summed E-state index contributed by atoms with van der Waals surface area (Å²) >= 11 is 0. The van der Waals surface area contributed by atoms with E-state index >= 15 is 0 Å². The van der Waals surface area contributed by atoms with Crippen molar-refractivity contribution >= 4 is 5.97 Å². The van der Waals surface area contributed by atoms with Crippen LogP contribution in [0.25, 0.3) is 0 Å². The average molecular weight is 447 g/mol. The molecule has 0 aliphatic heterocycles. The van der Waals surface area contributed by atoms with Crippen molar-refractivity contribution in [3.63, 3.8) is 0 Å². The third-order valence-electron chi connectivity index (χ3n) is 6.55. The van der Waals surface area contributed by atoms with E-state index in [-0.39, 0.29) is 17.8 Å². The van der Waals surface area contributed by atoms with Crippen LogP contribution < -0.4 is 0 Å². The lowest BCUT2D eigenvalue weighted by molar-refractivity contribution is -0.143. The minimum absolute atomic E-state index is 0.00886. The molecule has 5 nitrogen and oxygen atoms in total. The predicted molar refractivity (Wildman–Crippen MR) is 127 cm³/mol. The molecule has 0 heterocycles. The van der Waals surface area contributed by atoms with Gasteiger partial charge in [0.25, 0.3) is 0 Å². The summed E-state index contributed by atoms with van der Waals surface area (Å²) in [5, 5.41) is 31.2. The standard InChI is InChI=1S/C27H42O5/c1-2-3-19-32-27(31)14-10-5-4-9-13-23-24(26(30)20-25(23)29)18-17-22(28)16-15-21-11-7-6-8-12-21/h4,6-9,11-12,22-26,28-30H,2-3,5,10,13-20H2,1H3/b9-4-/t22-,23+,24?,25-,26+/m0/s1. The minimum atomic E-state index is -0.511. The van der Waals surface area contributed by atoms with E-state index in [1.165, 1.54) is 5.56 Å². The molecule has 0 bridgehead atoms. The summed E-state index contributed by atoms with van der Waals surface area (Å²) in [6.07, 6.45) is 10.7. The summed E-state index contributed by atoms with van der Waals surface area (Å²) < 4.78 is 5.15. The Balaban J connectivity index is 1.67. The summed E-state index contributed by atoms with van der Waals surface area (Å²) in [5.41, 5.74) is 1.22. The van der Waals surface area contributed by atoms with Gasteiger partial charge in [0.2, 0.25) is 0 Å². The number of esters is 1. The molecule has 1 fully saturated rings. The quantitative estimate of drug-likeness (QED) is 0.209. The fraction of sp³-hybridized carbons (Fsp3) is 0.667. The van der Waals surface area contributed by atoms with Gasteiger partial charge in [-0.25, -0.2) is 0 Å². The highest BCUT2D eigenvalue weighted by molar-refractivity contribution is 5.69. The first-order chi connectivity index (χ1) is 15.5. The Morgan fingerprint density at radius 3 is 2.59 bits per heavy atom. The summed E-state index contributed by atoms with van der Waals surface area (Å²) in [6, 6.07) is 10.2. The second kappa shape index (κ2) is 15.2. The molecular formula is C27H42O5. The number of allylic oxidation sites excluding steroid dienone is 2. The fourth-order valence-electron chi connectivity index (χ4n) is 4.55. The topological polar surface area (TPSA) is 87.0 Å². The summed E-state index contributed by atoms with van der Waals surface area (Å²) in [6.45, 7) is 2.58. The summed E-state index contributed by atoms with van der Waals surface area (Å²) in [5.74, 6) is -0.108. The number of carbonyl (C=O) groups is 1. The molecule has 1 aliphatic rings. The van der Waals surface area contributed by atoms with Crippen molar-refractivity contribution < 1.29 is 24.9 Å². The van der Waals surface area contributed by atoms with Gasteiger partial charge in [0.05, 0.1) is 24.9 Å². The molecule has 3 N–H and O–H groups in total. The highest BCUT2D eigenvalue weighted by Gasteiger charge is 2.40.